The summed E-state index contributed by atoms with van der Waals surface area (Å²) in [6.45, 7) is 3.10. The van der Waals surface area contributed by atoms with Crippen LogP contribution in [0.2, 0.25) is 0 Å². The van der Waals surface area contributed by atoms with Gasteiger partial charge < -0.3 is 15.7 Å². The molecular formula is C14H20N2O2. The van der Waals surface area contributed by atoms with Crippen molar-refractivity contribution in [3.05, 3.63) is 29.8 Å². The maximum atomic E-state index is 12.0. The molecule has 0 radical (unpaired) electrons. The molecule has 0 heterocycles. The zero-order chi connectivity index (χ0) is 13.0. The van der Waals surface area contributed by atoms with E-state index < -0.39 is 6.10 Å². The topological polar surface area (TPSA) is 61.4 Å². The summed E-state index contributed by atoms with van der Waals surface area (Å²) in [6.07, 6.45) is 1.75. The molecule has 1 aliphatic carbocycles. The number of para-hydroxylation sites is 1. The Bertz CT molecular complexity index is 416. The highest BCUT2D eigenvalue weighted by atomic mass is 16.3. The second-order valence-corrected chi connectivity index (χ2v) is 4.69. The number of aliphatic hydroxyl groups is 1. The lowest BCUT2D eigenvalue weighted by atomic mass is 10.1. The minimum absolute atomic E-state index is 0.133. The van der Waals surface area contributed by atoms with E-state index in [1.54, 1.807) is 6.07 Å². The normalized spacial score (nSPS) is 16.1. The molecule has 98 valence electrons. The van der Waals surface area contributed by atoms with E-state index in [0.29, 0.717) is 18.0 Å². The van der Waals surface area contributed by atoms with Crippen molar-refractivity contribution in [3.8, 4) is 0 Å². The van der Waals surface area contributed by atoms with Crippen molar-refractivity contribution >= 4 is 11.6 Å². The number of nitrogens with one attached hydrogen (secondary N) is 2. The van der Waals surface area contributed by atoms with Crippen LogP contribution in [0.25, 0.3) is 0 Å². The molecule has 4 heteroatoms. The Balaban J connectivity index is 1.94. The predicted molar refractivity (Wildman–Crippen MR) is 71.7 cm³/mol. The number of rotatable bonds is 6. The van der Waals surface area contributed by atoms with E-state index >= 15 is 0 Å². The van der Waals surface area contributed by atoms with Gasteiger partial charge in [-0.3, -0.25) is 4.79 Å². The van der Waals surface area contributed by atoms with Gasteiger partial charge in [-0.25, -0.2) is 0 Å². The zero-order valence-electron chi connectivity index (χ0n) is 10.6. The predicted octanol–water partition coefficient (Wildman–Crippen LogP) is 1.62. The maximum Gasteiger partial charge on any atom is 0.253 e. The summed E-state index contributed by atoms with van der Waals surface area (Å²) >= 11 is 0. The van der Waals surface area contributed by atoms with Crippen molar-refractivity contribution in [3.63, 3.8) is 0 Å². The van der Waals surface area contributed by atoms with Crippen LogP contribution in [0.5, 0.6) is 0 Å². The van der Waals surface area contributed by atoms with Crippen molar-refractivity contribution in [2.24, 2.45) is 5.92 Å². The standard InChI is InChI=1S/C14H20N2O2/c1-2-15-12-6-4-3-5-11(12)14(18)16-9-13(17)10-7-8-10/h3-6,10,13,15,17H,2,7-9H2,1H3,(H,16,18). The quantitative estimate of drug-likeness (QED) is 0.717. The third kappa shape index (κ3) is 3.23. The minimum Gasteiger partial charge on any atom is -0.391 e. The second kappa shape index (κ2) is 5.87. The van der Waals surface area contributed by atoms with Crippen LogP contribution in [0, 0.1) is 5.92 Å². The first-order valence-electron chi connectivity index (χ1n) is 6.51. The summed E-state index contributed by atoms with van der Waals surface area (Å²) in [5.74, 6) is 0.251. The van der Waals surface area contributed by atoms with Gasteiger partial charge >= 0.3 is 0 Å². The first kappa shape index (κ1) is 12.9. The van der Waals surface area contributed by atoms with Gasteiger partial charge in [-0.2, -0.15) is 0 Å². The highest BCUT2D eigenvalue weighted by molar-refractivity contribution is 5.99. The highest BCUT2D eigenvalue weighted by Crippen LogP contribution is 2.32. The van der Waals surface area contributed by atoms with E-state index in [4.69, 9.17) is 0 Å². The maximum absolute atomic E-state index is 12.0. The van der Waals surface area contributed by atoms with Crippen LogP contribution in [-0.4, -0.2) is 30.2 Å². The Labute approximate surface area is 107 Å². The van der Waals surface area contributed by atoms with Gasteiger partial charge in [-0.15, -0.1) is 0 Å². The molecule has 1 unspecified atom stereocenters. The Morgan fingerprint density at radius 3 is 2.83 bits per heavy atom. The molecule has 1 saturated carbocycles. The highest BCUT2D eigenvalue weighted by Gasteiger charge is 2.29. The monoisotopic (exact) mass is 248 g/mol. The summed E-state index contributed by atoms with van der Waals surface area (Å²) in [4.78, 5) is 12.0. The van der Waals surface area contributed by atoms with Crippen LogP contribution >= 0.6 is 0 Å². The van der Waals surface area contributed by atoms with Crippen molar-refractivity contribution in [1.82, 2.24) is 5.32 Å². The SMILES string of the molecule is CCNc1ccccc1C(=O)NCC(O)C1CC1. The number of aliphatic hydroxyl groups excluding tert-OH is 1. The molecule has 0 aromatic heterocycles. The molecule has 1 aromatic rings. The van der Waals surface area contributed by atoms with Gasteiger partial charge in [0.25, 0.3) is 5.91 Å². The summed E-state index contributed by atoms with van der Waals surface area (Å²) < 4.78 is 0. The summed E-state index contributed by atoms with van der Waals surface area (Å²) in [6, 6.07) is 7.41. The van der Waals surface area contributed by atoms with Crippen LogP contribution in [0.15, 0.2) is 24.3 Å². The molecule has 0 bridgehead atoms. The molecule has 4 nitrogen and oxygen atoms in total. The van der Waals surface area contributed by atoms with E-state index in [0.717, 1.165) is 25.1 Å². The molecule has 18 heavy (non-hydrogen) atoms. The fourth-order valence-corrected chi connectivity index (χ4v) is 1.97. The third-order valence-corrected chi connectivity index (χ3v) is 3.18. The molecule has 3 N–H and O–H groups in total. The molecule has 0 spiro atoms. The average molecular weight is 248 g/mol. The molecule has 0 aliphatic heterocycles. The van der Waals surface area contributed by atoms with Gasteiger partial charge in [-0.1, -0.05) is 12.1 Å². The minimum atomic E-state index is -0.403. The first-order valence-corrected chi connectivity index (χ1v) is 6.51. The van der Waals surface area contributed by atoms with E-state index in [1.807, 2.05) is 25.1 Å². The summed E-state index contributed by atoms with van der Waals surface area (Å²) in [5.41, 5.74) is 1.46. The van der Waals surface area contributed by atoms with Crippen LogP contribution in [0.3, 0.4) is 0 Å². The Kier molecular flexibility index (Phi) is 4.20. The zero-order valence-corrected chi connectivity index (χ0v) is 10.6. The van der Waals surface area contributed by atoms with Crippen LogP contribution < -0.4 is 10.6 Å². The number of anilines is 1. The Hall–Kier alpha value is -1.55. The molecule has 1 aliphatic rings. The molecule has 2 rings (SSSR count). The number of carbonyl (C=O) groups is 1. The molecule has 1 atom stereocenters. The van der Waals surface area contributed by atoms with Crippen molar-refractivity contribution in [1.29, 1.82) is 0 Å². The number of amides is 1. The van der Waals surface area contributed by atoms with Gasteiger partial charge in [0.1, 0.15) is 0 Å². The lowest BCUT2D eigenvalue weighted by Crippen LogP contribution is -2.33. The molecule has 1 fully saturated rings. The van der Waals surface area contributed by atoms with E-state index in [1.165, 1.54) is 0 Å². The van der Waals surface area contributed by atoms with E-state index in [9.17, 15) is 9.90 Å². The Morgan fingerprint density at radius 2 is 2.17 bits per heavy atom. The van der Waals surface area contributed by atoms with Gasteiger partial charge in [0.2, 0.25) is 0 Å². The van der Waals surface area contributed by atoms with Crippen molar-refractivity contribution in [2.75, 3.05) is 18.4 Å². The third-order valence-electron chi connectivity index (χ3n) is 3.18. The van der Waals surface area contributed by atoms with Crippen molar-refractivity contribution in [2.45, 2.75) is 25.9 Å². The molecule has 1 aromatic carbocycles. The number of hydrogen-bond donors (Lipinski definition) is 3. The molecule has 0 saturated heterocycles. The lowest BCUT2D eigenvalue weighted by molar-refractivity contribution is 0.0902. The second-order valence-electron chi connectivity index (χ2n) is 4.69. The van der Waals surface area contributed by atoms with Gasteiger partial charge in [0.05, 0.1) is 11.7 Å². The fraction of sp³-hybridized carbons (Fsp3) is 0.500. The van der Waals surface area contributed by atoms with Crippen LogP contribution in [0.4, 0.5) is 5.69 Å². The Morgan fingerprint density at radius 1 is 1.44 bits per heavy atom. The molecule has 1 amide bonds. The van der Waals surface area contributed by atoms with E-state index in [2.05, 4.69) is 10.6 Å². The summed E-state index contributed by atoms with van der Waals surface area (Å²) in [7, 11) is 0. The van der Waals surface area contributed by atoms with Crippen LogP contribution in [-0.2, 0) is 0 Å². The van der Waals surface area contributed by atoms with Gasteiger partial charge in [0, 0.05) is 18.8 Å². The molecular weight excluding hydrogens is 228 g/mol. The largest absolute Gasteiger partial charge is 0.391 e. The number of benzene rings is 1. The first-order chi connectivity index (χ1) is 8.72. The van der Waals surface area contributed by atoms with Gasteiger partial charge in [0.15, 0.2) is 0 Å². The summed E-state index contributed by atoms with van der Waals surface area (Å²) in [5, 5.41) is 15.7. The smallest absolute Gasteiger partial charge is 0.253 e. The number of hydrogen-bond acceptors (Lipinski definition) is 3. The van der Waals surface area contributed by atoms with Crippen molar-refractivity contribution < 1.29 is 9.90 Å². The fourth-order valence-electron chi connectivity index (χ4n) is 1.97. The van der Waals surface area contributed by atoms with Crippen LogP contribution in [0.1, 0.15) is 30.1 Å². The number of carbonyl (C=O) groups excluding carboxylic acids is 1. The van der Waals surface area contributed by atoms with Gasteiger partial charge in [-0.05, 0) is 37.8 Å². The average Bonchev–Trinajstić information content (AvgIpc) is 3.21. The lowest BCUT2D eigenvalue weighted by Gasteiger charge is -2.13. The van der Waals surface area contributed by atoms with E-state index in [-0.39, 0.29) is 5.91 Å².